The molecule has 2 aromatic carbocycles. The van der Waals surface area contributed by atoms with Crippen LogP contribution in [0.25, 0.3) is 21.7 Å². The molecule has 22 heavy (non-hydrogen) atoms. The number of aromatic nitrogens is 1. The summed E-state index contributed by atoms with van der Waals surface area (Å²) in [5.41, 5.74) is 1.11. The van der Waals surface area contributed by atoms with Crippen LogP contribution in [0.1, 0.15) is 25.7 Å². The highest BCUT2D eigenvalue weighted by Gasteiger charge is 2.15. The number of anilines is 1. The third-order valence-electron chi connectivity index (χ3n) is 4.49. The fraction of sp³-hybridized carbons (Fsp3) is 0.316. The minimum absolute atomic E-state index is 0. The maximum absolute atomic E-state index is 4.99. The van der Waals surface area contributed by atoms with Crippen LogP contribution in [0.15, 0.2) is 48.5 Å². The first-order valence-electron chi connectivity index (χ1n) is 7.96. The van der Waals surface area contributed by atoms with Crippen LogP contribution in [0.3, 0.4) is 0 Å². The number of hydrogen-bond acceptors (Lipinski definition) is 2. The van der Waals surface area contributed by atoms with Gasteiger partial charge in [-0.2, -0.15) is 0 Å². The number of para-hydroxylation sites is 1. The fourth-order valence-corrected chi connectivity index (χ4v) is 3.41. The van der Waals surface area contributed by atoms with Crippen molar-refractivity contribution in [3.05, 3.63) is 48.5 Å². The first-order chi connectivity index (χ1) is 10.4. The third-order valence-corrected chi connectivity index (χ3v) is 4.49. The first-order valence-corrected chi connectivity index (χ1v) is 7.96. The van der Waals surface area contributed by atoms with Crippen LogP contribution in [0.5, 0.6) is 0 Å². The monoisotopic (exact) mass is 312 g/mol. The molecule has 3 heteroatoms. The van der Waals surface area contributed by atoms with E-state index in [-0.39, 0.29) is 12.4 Å². The molecule has 0 amide bonds. The van der Waals surface area contributed by atoms with Gasteiger partial charge < -0.3 is 4.90 Å². The van der Waals surface area contributed by atoms with Crippen LogP contribution >= 0.6 is 12.4 Å². The standard InChI is InChI=1S/C19H20N2.ClH/c1-2-8-14-21(13-7-1)19-17-11-4-3-9-15(17)16-10-5-6-12-18(16)20-19;/h3-6,9-12H,1-2,7-8,13-14H2;1H. The van der Waals surface area contributed by atoms with Gasteiger partial charge in [0.25, 0.3) is 0 Å². The molecule has 2 nitrogen and oxygen atoms in total. The lowest BCUT2D eigenvalue weighted by molar-refractivity contribution is 0.726. The van der Waals surface area contributed by atoms with Gasteiger partial charge in [-0.3, -0.25) is 0 Å². The number of rotatable bonds is 1. The molecule has 1 aliphatic rings. The molecule has 2 heterocycles. The number of fused-ring (bicyclic) bond motifs is 3. The Morgan fingerprint density at radius 1 is 0.682 bits per heavy atom. The second kappa shape index (κ2) is 6.53. The van der Waals surface area contributed by atoms with E-state index in [4.69, 9.17) is 4.98 Å². The Morgan fingerprint density at radius 3 is 2.00 bits per heavy atom. The van der Waals surface area contributed by atoms with Crippen molar-refractivity contribution in [2.75, 3.05) is 18.0 Å². The summed E-state index contributed by atoms with van der Waals surface area (Å²) in [6, 6.07) is 17.2. The predicted molar refractivity (Wildman–Crippen MR) is 97.2 cm³/mol. The van der Waals surface area contributed by atoms with E-state index in [1.54, 1.807) is 0 Å². The molecule has 3 aromatic rings. The number of benzene rings is 2. The van der Waals surface area contributed by atoms with Crippen LogP contribution < -0.4 is 4.90 Å². The maximum Gasteiger partial charge on any atom is 0.137 e. The molecule has 0 spiro atoms. The molecule has 0 unspecified atom stereocenters. The summed E-state index contributed by atoms with van der Waals surface area (Å²) in [7, 11) is 0. The van der Waals surface area contributed by atoms with Crippen molar-refractivity contribution < 1.29 is 0 Å². The fourth-order valence-electron chi connectivity index (χ4n) is 3.41. The van der Waals surface area contributed by atoms with Gasteiger partial charge in [0.05, 0.1) is 5.52 Å². The molecule has 0 N–H and O–H groups in total. The van der Waals surface area contributed by atoms with E-state index in [1.165, 1.54) is 47.7 Å². The average Bonchev–Trinajstić information content (AvgIpc) is 2.83. The van der Waals surface area contributed by atoms with Crippen molar-refractivity contribution in [3.8, 4) is 0 Å². The van der Waals surface area contributed by atoms with Crippen LogP contribution in [-0.4, -0.2) is 18.1 Å². The molecule has 0 atom stereocenters. The third kappa shape index (κ3) is 2.64. The second-order valence-corrected chi connectivity index (χ2v) is 5.90. The largest absolute Gasteiger partial charge is 0.356 e. The molecule has 114 valence electrons. The van der Waals surface area contributed by atoms with Crippen LogP contribution in [0, 0.1) is 0 Å². The van der Waals surface area contributed by atoms with Crippen molar-refractivity contribution in [1.82, 2.24) is 4.98 Å². The summed E-state index contributed by atoms with van der Waals surface area (Å²) in [6.45, 7) is 2.27. The highest BCUT2D eigenvalue weighted by molar-refractivity contribution is 6.10. The Morgan fingerprint density at radius 2 is 1.27 bits per heavy atom. The van der Waals surface area contributed by atoms with E-state index in [0.29, 0.717) is 0 Å². The highest BCUT2D eigenvalue weighted by Crippen LogP contribution is 2.32. The number of halogens is 1. The van der Waals surface area contributed by atoms with Gasteiger partial charge in [0, 0.05) is 23.9 Å². The molecule has 0 aliphatic carbocycles. The molecule has 0 radical (unpaired) electrons. The lowest BCUT2D eigenvalue weighted by Gasteiger charge is -2.23. The highest BCUT2D eigenvalue weighted by atomic mass is 35.5. The lowest BCUT2D eigenvalue weighted by atomic mass is 10.1. The molecule has 0 saturated carbocycles. The van der Waals surface area contributed by atoms with Crippen molar-refractivity contribution in [2.45, 2.75) is 25.7 Å². The number of nitrogens with zero attached hydrogens (tertiary/aromatic N) is 2. The van der Waals surface area contributed by atoms with E-state index in [9.17, 15) is 0 Å². The van der Waals surface area contributed by atoms with Crippen LogP contribution in [-0.2, 0) is 0 Å². The topological polar surface area (TPSA) is 16.1 Å². The molecular formula is C19H21ClN2. The average molecular weight is 313 g/mol. The minimum Gasteiger partial charge on any atom is -0.356 e. The molecule has 4 rings (SSSR count). The van der Waals surface area contributed by atoms with Gasteiger partial charge in [-0.05, 0) is 24.3 Å². The molecular weight excluding hydrogens is 292 g/mol. The zero-order valence-electron chi connectivity index (χ0n) is 12.7. The zero-order chi connectivity index (χ0) is 14.1. The van der Waals surface area contributed by atoms with Gasteiger partial charge in [0.15, 0.2) is 0 Å². The summed E-state index contributed by atoms with van der Waals surface area (Å²) < 4.78 is 0. The number of pyridine rings is 1. The van der Waals surface area contributed by atoms with Crippen LogP contribution in [0.4, 0.5) is 5.82 Å². The Hall–Kier alpha value is -1.80. The van der Waals surface area contributed by atoms with Crippen LogP contribution in [0.2, 0.25) is 0 Å². The van der Waals surface area contributed by atoms with Crippen molar-refractivity contribution in [2.24, 2.45) is 0 Å². The van der Waals surface area contributed by atoms with Gasteiger partial charge in [0.1, 0.15) is 5.82 Å². The molecule has 1 saturated heterocycles. The zero-order valence-corrected chi connectivity index (χ0v) is 13.5. The molecule has 1 aromatic heterocycles. The van der Waals surface area contributed by atoms with Gasteiger partial charge in [0.2, 0.25) is 0 Å². The summed E-state index contributed by atoms with van der Waals surface area (Å²) in [6.07, 6.45) is 5.26. The maximum atomic E-state index is 4.99. The Bertz CT molecular complexity index is 777. The van der Waals surface area contributed by atoms with E-state index in [1.807, 2.05) is 0 Å². The lowest BCUT2D eigenvalue weighted by Crippen LogP contribution is -2.25. The van der Waals surface area contributed by atoms with Gasteiger partial charge in [-0.15, -0.1) is 12.4 Å². The SMILES string of the molecule is Cl.c1ccc2c(c1)nc(N1CCCCCC1)c1ccccc12. The quantitative estimate of drug-likeness (QED) is 0.575. The van der Waals surface area contributed by atoms with Gasteiger partial charge in [-0.25, -0.2) is 4.98 Å². The summed E-state index contributed by atoms with van der Waals surface area (Å²) in [4.78, 5) is 7.48. The van der Waals surface area contributed by atoms with E-state index >= 15 is 0 Å². The minimum atomic E-state index is 0. The molecule has 1 fully saturated rings. The first kappa shape index (κ1) is 15.1. The Balaban J connectivity index is 0.00000144. The van der Waals surface area contributed by atoms with Gasteiger partial charge in [-0.1, -0.05) is 55.3 Å². The smallest absolute Gasteiger partial charge is 0.137 e. The predicted octanol–water partition coefficient (Wildman–Crippen LogP) is 5.19. The van der Waals surface area contributed by atoms with E-state index < -0.39 is 0 Å². The molecule has 1 aliphatic heterocycles. The molecule has 0 bridgehead atoms. The summed E-state index contributed by atoms with van der Waals surface area (Å²) >= 11 is 0. The van der Waals surface area contributed by atoms with Gasteiger partial charge >= 0.3 is 0 Å². The second-order valence-electron chi connectivity index (χ2n) is 5.90. The summed E-state index contributed by atoms with van der Waals surface area (Å²) in [5.74, 6) is 1.17. The van der Waals surface area contributed by atoms with Crippen molar-refractivity contribution in [3.63, 3.8) is 0 Å². The Kier molecular flexibility index (Phi) is 4.49. The van der Waals surface area contributed by atoms with Crippen molar-refractivity contribution >= 4 is 39.9 Å². The van der Waals surface area contributed by atoms with E-state index in [2.05, 4.69) is 53.4 Å². The Labute approximate surface area is 137 Å². The summed E-state index contributed by atoms with van der Waals surface area (Å²) in [5, 5.41) is 3.87. The van der Waals surface area contributed by atoms with Crippen molar-refractivity contribution in [1.29, 1.82) is 0 Å². The number of hydrogen-bond donors (Lipinski definition) is 0. The normalized spacial score (nSPS) is 15.5. The van der Waals surface area contributed by atoms with E-state index in [0.717, 1.165) is 18.6 Å².